The maximum absolute atomic E-state index is 11.9. The Morgan fingerprint density at radius 1 is 1.40 bits per heavy atom. The summed E-state index contributed by atoms with van der Waals surface area (Å²) >= 11 is 0. The molecule has 2 N–H and O–H groups in total. The first-order valence-corrected chi connectivity index (χ1v) is 5.80. The molecule has 2 unspecified atom stereocenters. The number of likely N-dealkylation sites (tertiary alicyclic amines) is 1. The van der Waals surface area contributed by atoms with E-state index in [0.29, 0.717) is 6.04 Å². The van der Waals surface area contributed by atoms with E-state index in [9.17, 15) is 4.79 Å². The molecule has 2 atom stereocenters. The smallest absolute Gasteiger partial charge is 0.227 e. The second-order valence-corrected chi connectivity index (χ2v) is 4.99. The van der Waals surface area contributed by atoms with E-state index in [1.54, 1.807) is 0 Å². The summed E-state index contributed by atoms with van der Waals surface area (Å²) in [5, 5.41) is 0. The summed E-state index contributed by atoms with van der Waals surface area (Å²) in [4.78, 5) is 16.2. The lowest BCUT2D eigenvalue weighted by Gasteiger charge is -2.35. The number of piperidine rings is 1. The number of carbonyl (C=O) groups excluding carboxylic acids is 1. The molecule has 1 amide bonds. The lowest BCUT2D eigenvalue weighted by molar-refractivity contribution is -0.134. The summed E-state index contributed by atoms with van der Waals surface area (Å²) in [7, 11) is 4.07. The number of hydrogen-bond donors (Lipinski definition) is 1. The fourth-order valence-corrected chi connectivity index (χ4v) is 2.32. The quantitative estimate of drug-likeness (QED) is 0.693. The van der Waals surface area contributed by atoms with E-state index in [4.69, 9.17) is 5.73 Å². The molecule has 2 rings (SSSR count). The normalized spacial score (nSPS) is 32.7. The van der Waals surface area contributed by atoms with Crippen molar-refractivity contribution in [3.05, 3.63) is 0 Å². The maximum Gasteiger partial charge on any atom is 0.227 e. The first-order valence-electron chi connectivity index (χ1n) is 5.80. The topological polar surface area (TPSA) is 49.6 Å². The van der Waals surface area contributed by atoms with Crippen LogP contribution in [0.15, 0.2) is 0 Å². The second kappa shape index (κ2) is 4.10. The van der Waals surface area contributed by atoms with E-state index in [-0.39, 0.29) is 17.9 Å². The fourth-order valence-electron chi connectivity index (χ4n) is 2.32. The third-order valence-electron chi connectivity index (χ3n) is 3.74. The summed E-state index contributed by atoms with van der Waals surface area (Å²) in [6, 6.07) is 0.563. The zero-order chi connectivity index (χ0) is 11.0. The van der Waals surface area contributed by atoms with E-state index in [2.05, 4.69) is 11.9 Å². The Morgan fingerprint density at radius 2 is 1.93 bits per heavy atom. The molecule has 1 aliphatic heterocycles. The van der Waals surface area contributed by atoms with Gasteiger partial charge < -0.3 is 15.5 Å². The molecule has 0 aromatic carbocycles. The van der Waals surface area contributed by atoms with Crippen LogP contribution >= 0.6 is 0 Å². The van der Waals surface area contributed by atoms with Crippen molar-refractivity contribution in [1.82, 2.24) is 9.80 Å². The Bertz CT molecular complexity index is 248. The molecule has 0 bridgehead atoms. The van der Waals surface area contributed by atoms with Crippen LogP contribution in [0.3, 0.4) is 0 Å². The summed E-state index contributed by atoms with van der Waals surface area (Å²) in [5.41, 5.74) is 5.70. The molecule has 0 spiro atoms. The number of hydrogen-bond acceptors (Lipinski definition) is 3. The number of nitrogens with zero attached hydrogens (tertiary/aromatic N) is 2. The molecule has 0 aromatic heterocycles. The number of nitrogens with two attached hydrogens (primary N) is 1. The highest BCUT2D eigenvalue weighted by Gasteiger charge is 2.42. The Morgan fingerprint density at radius 3 is 2.40 bits per heavy atom. The average molecular weight is 211 g/mol. The maximum atomic E-state index is 11.9. The van der Waals surface area contributed by atoms with Crippen molar-refractivity contribution in [3.8, 4) is 0 Å². The number of carbonyl (C=O) groups is 1. The van der Waals surface area contributed by atoms with E-state index >= 15 is 0 Å². The predicted octanol–water partition coefficient (Wildman–Crippen LogP) is -0.114. The summed E-state index contributed by atoms with van der Waals surface area (Å²) in [6.07, 6.45) is 3.08. The highest BCUT2D eigenvalue weighted by molar-refractivity contribution is 5.82. The molecule has 2 aliphatic rings. The van der Waals surface area contributed by atoms with E-state index in [0.717, 1.165) is 32.4 Å². The first kappa shape index (κ1) is 10.9. The van der Waals surface area contributed by atoms with Gasteiger partial charge in [-0.1, -0.05) is 0 Å². The van der Waals surface area contributed by atoms with Crippen molar-refractivity contribution in [1.29, 1.82) is 0 Å². The van der Waals surface area contributed by atoms with Gasteiger partial charge in [-0.15, -0.1) is 0 Å². The van der Waals surface area contributed by atoms with Crippen molar-refractivity contribution in [3.63, 3.8) is 0 Å². The van der Waals surface area contributed by atoms with Crippen molar-refractivity contribution in [2.75, 3.05) is 27.2 Å². The van der Waals surface area contributed by atoms with Gasteiger partial charge in [0.25, 0.3) is 0 Å². The van der Waals surface area contributed by atoms with Gasteiger partial charge in [0.2, 0.25) is 5.91 Å². The van der Waals surface area contributed by atoms with Crippen LogP contribution in [0.5, 0.6) is 0 Å². The number of rotatable bonds is 2. The van der Waals surface area contributed by atoms with E-state index in [1.165, 1.54) is 0 Å². The zero-order valence-electron chi connectivity index (χ0n) is 9.65. The lowest BCUT2D eigenvalue weighted by atomic mass is 10.0. The van der Waals surface area contributed by atoms with Gasteiger partial charge >= 0.3 is 0 Å². The Balaban J connectivity index is 1.85. The largest absolute Gasteiger partial charge is 0.342 e. The molecule has 2 fully saturated rings. The molecule has 0 radical (unpaired) electrons. The average Bonchev–Trinajstić information content (AvgIpc) is 2.94. The lowest BCUT2D eigenvalue weighted by Crippen LogP contribution is -2.45. The molecular formula is C11H21N3O. The molecular weight excluding hydrogens is 190 g/mol. The highest BCUT2D eigenvalue weighted by Crippen LogP contribution is 2.31. The predicted molar refractivity (Wildman–Crippen MR) is 59.4 cm³/mol. The van der Waals surface area contributed by atoms with Gasteiger partial charge in [0.05, 0.1) is 5.92 Å². The minimum Gasteiger partial charge on any atom is -0.342 e. The van der Waals surface area contributed by atoms with E-state index in [1.807, 2.05) is 11.9 Å². The molecule has 15 heavy (non-hydrogen) atoms. The summed E-state index contributed by atoms with van der Waals surface area (Å²) in [5.74, 6) is 0.381. The molecule has 0 aromatic rings. The monoisotopic (exact) mass is 211 g/mol. The first-order chi connectivity index (χ1) is 7.09. The Kier molecular flexibility index (Phi) is 2.98. The molecule has 1 saturated heterocycles. The van der Waals surface area contributed by atoms with Crippen molar-refractivity contribution >= 4 is 5.91 Å². The van der Waals surface area contributed by atoms with Gasteiger partial charge in [0.15, 0.2) is 0 Å². The zero-order valence-corrected chi connectivity index (χ0v) is 9.65. The number of amides is 1. The molecule has 86 valence electrons. The standard InChI is InChI=1S/C11H21N3O/c1-13-5-3-8(4-6-13)14(2)11(15)9-7-10(9)12/h8-10H,3-7,12H2,1-2H3. The summed E-state index contributed by atoms with van der Waals surface area (Å²) in [6.45, 7) is 2.19. The minimum atomic E-state index is 0.120. The van der Waals surface area contributed by atoms with Crippen LogP contribution in [0.1, 0.15) is 19.3 Å². The Hall–Kier alpha value is -0.610. The Labute approximate surface area is 91.4 Å². The van der Waals surface area contributed by atoms with Crippen LogP contribution in [0.25, 0.3) is 0 Å². The van der Waals surface area contributed by atoms with Crippen molar-refractivity contribution < 1.29 is 4.79 Å². The highest BCUT2D eigenvalue weighted by atomic mass is 16.2. The molecule has 1 heterocycles. The van der Waals surface area contributed by atoms with Crippen molar-refractivity contribution in [2.24, 2.45) is 11.7 Å². The van der Waals surface area contributed by atoms with Gasteiger partial charge in [-0.2, -0.15) is 0 Å². The van der Waals surface area contributed by atoms with Gasteiger partial charge in [-0.25, -0.2) is 0 Å². The summed E-state index contributed by atoms with van der Waals surface area (Å²) < 4.78 is 0. The second-order valence-electron chi connectivity index (χ2n) is 4.99. The van der Waals surface area contributed by atoms with Gasteiger partial charge in [-0.3, -0.25) is 4.79 Å². The van der Waals surface area contributed by atoms with Crippen LogP contribution in [0, 0.1) is 5.92 Å². The molecule has 4 nitrogen and oxygen atoms in total. The third-order valence-corrected chi connectivity index (χ3v) is 3.74. The van der Waals surface area contributed by atoms with E-state index < -0.39 is 0 Å². The van der Waals surface area contributed by atoms with Crippen LogP contribution in [-0.4, -0.2) is 55.0 Å². The van der Waals surface area contributed by atoms with Gasteiger partial charge in [-0.05, 0) is 39.4 Å². The van der Waals surface area contributed by atoms with Crippen LogP contribution in [-0.2, 0) is 4.79 Å². The molecule has 4 heteroatoms. The van der Waals surface area contributed by atoms with Crippen LogP contribution in [0.2, 0.25) is 0 Å². The molecule has 1 saturated carbocycles. The SMILES string of the molecule is CN1CCC(N(C)C(=O)C2CC2N)CC1. The third kappa shape index (κ3) is 2.32. The minimum absolute atomic E-state index is 0.120. The van der Waals surface area contributed by atoms with Gasteiger partial charge in [0.1, 0.15) is 0 Å². The fraction of sp³-hybridized carbons (Fsp3) is 0.909. The van der Waals surface area contributed by atoms with Crippen LogP contribution in [0.4, 0.5) is 0 Å². The van der Waals surface area contributed by atoms with Gasteiger partial charge in [0, 0.05) is 19.1 Å². The van der Waals surface area contributed by atoms with Crippen molar-refractivity contribution in [2.45, 2.75) is 31.3 Å². The van der Waals surface area contributed by atoms with Crippen LogP contribution < -0.4 is 5.73 Å². The molecule has 1 aliphatic carbocycles.